The first-order chi connectivity index (χ1) is 14.3. The second-order valence-electron chi connectivity index (χ2n) is 7.15. The number of hydrogen-bond donors (Lipinski definition) is 2. The zero-order valence-electron chi connectivity index (χ0n) is 16.7. The number of carbonyl (C=O) groups is 1. The molecule has 3 rings (SSSR count). The van der Waals surface area contributed by atoms with Crippen LogP contribution >= 0.6 is 0 Å². The van der Waals surface area contributed by atoms with Crippen LogP contribution in [0.15, 0.2) is 46.2 Å². The van der Waals surface area contributed by atoms with E-state index in [0.717, 1.165) is 50.4 Å². The number of amides is 1. The Morgan fingerprint density at radius 1 is 1.10 bits per heavy atom. The lowest BCUT2D eigenvalue weighted by Gasteiger charge is -2.24. The molecule has 2 N–H and O–H groups in total. The van der Waals surface area contributed by atoms with Crippen LogP contribution in [0.25, 0.3) is 0 Å². The van der Waals surface area contributed by atoms with E-state index in [4.69, 9.17) is 0 Å². The third-order valence-corrected chi connectivity index (χ3v) is 6.72. The van der Waals surface area contributed by atoms with Crippen molar-refractivity contribution in [1.29, 1.82) is 0 Å². The highest BCUT2D eigenvalue weighted by atomic mass is 32.2. The molecule has 1 saturated heterocycles. The zero-order chi connectivity index (χ0) is 21.7. The normalized spacial score (nSPS) is 15.0. The molecule has 0 radical (unpaired) electrons. The molecule has 1 fully saturated rings. The van der Waals surface area contributed by atoms with Gasteiger partial charge in [0.15, 0.2) is 11.6 Å². The van der Waals surface area contributed by atoms with Crippen LogP contribution in [0.4, 0.5) is 20.2 Å². The molecule has 6 nitrogen and oxygen atoms in total. The van der Waals surface area contributed by atoms with Crippen molar-refractivity contribution in [3.05, 3.63) is 48.0 Å². The molecule has 9 heteroatoms. The minimum atomic E-state index is -4.18. The number of halogens is 2. The molecule has 1 amide bonds. The van der Waals surface area contributed by atoms with E-state index < -0.39 is 21.5 Å². The smallest absolute Gasteiger partial charge is 0.224 e. The van der Waals surface area contributed by atoms with Gasteiger partial charge < -0.3 is 15.5 Å². The summed E-state index contributed by atoms with van der Waals surface area (Å²) in [7, 11) is -4.18. The Morgan fingerprint density at radius 2 is 1.90 bits per heavy atom. The molecule has 0 atom stereocenters. The van der Waals surface area contributed by atoms with Crippen LogP contribution in [0, 0.1) is 11.6 Å². The molecule has 0 aromatic heterocycles. The van der Waals surface area contributed by atoms with E-state index in [1.165, 1.54) is 6.07 Å². The average molecular weight is 438 g/mol. The monoisotopic (exact) mass is 437 g/mol. The predicted molar refractivity (Wildman–Crippen MR) is 111 cm³/mol. The van der Waals surface area contributed by atoms with Gasteiger partial charge >= 0.3 is 0 Å². The first-order valence-electron chi connectivity index (χ1n) is 9.92. The lowest BCUT2D eigenvalue weighted by Crippen LogP contribution is -2.28. The van der Waals surface area contributed by atoms with Crippen LogP contribution in [-0.2, 0) is 14.6 Å². The van der Waals surface area contributed by atoms with Crippen molar-refractivity contribution >= 4 is 27.1 Å². The lowest BCUT2D eigenvalue weighted by molar-refractivity contribution is -0.116. The molecule has 2 aromatic rings. The third-order valence-electron chi connectivity index (χ3n) is 4.91. The molecule has 0 spiro atoms. The second kappa shape index (κ2) is 9.53. The lowest BCUT2D eigenvalue weighted by atomic mass is 10.2. The van der Waals surface area contributed by atoms with Gasteiger partial charge in [-0.3, -0.25) is 4.79 Å². The Balaban J connectivity index is 2.05. The van der Waals surface area contributed by atoms with Crippen molar-refractivity contribution in [3.8, 4) is 0 Å². The summed E-state index contributed by atoms with van der Waals surface area (Å²) in [5, 5.41) is 5.98. The fraction of sp³-hybridized carbons (Fsp3) is 0.381. The Hall–Kier alpha value is -2.52. The maximum Gasteiger partial charge on any atom is 0.224 e. The predicted octanol–water partition coefficient (Wildman–Crippen LogP) is 3.34. The topological polar surface area (TPSA) is 78.5 Å². The number of anilines is 2. The number of hydrogen-bond acceptors (Lipinski definition) is 5. The van der Waals surface area contributed by atoms with Crippen LogP contribution in [0.2, 0.25) is 0 Å². The Bertz CT molecular complexity index is 1020. The molecule has 30 heavy (non-hydrogen) atoms. The van der Waals surface area contributed by atoms with E-state index in [-0.39, 0.29) is 27.8 Å². The molecule has 1 aliphatic heterocycles. The van der Waals surface area contributed by atoms with Crippen LogP contribution < -0.4 is 15.5 Å². The number of carbonyl (C=O) groups excluding carboxylic acids is 1. The highest BCUT2D eigenvalue weighted by Gasteiger charge is 2.25. The van der Waals surface area contributed by atoms with E-state index in [1.54, 1.807) is 12.1 Å². The molecule has 162 valence electrons. The van der Waals surface area contributed by atoms with Crippen molar-refractivity contribution in [2.24, 2.45) is 0 Å². The highest BCUT2D eigenvalue weighted by molar-refractivity contribution is 7.91. The quantitative estimate of drug-likeness (QED) is 0.678. The van der Waals surface area contributed by atoms with Crippen LogP contribution in [0.3, 0.4) is 0 Å². The van der Waals surface area contributed by atoms with Crippen LogP contribution in [0.5, 0.6) is 0 Å². The Morgan fingerprint density at radius 3 is 2.63 bits per heavy atom. The van der Waals surface area contributed by atoms with Gasteiger partial charge in [0.2, 0.25) is 15.7 Å². The molecule has 0 saturated carbocycles. The largest absolute Gasteiger partial charge is 0.370 e. The molecular formula is C21H25F2N3O3S. The number of benzene rings is 2. The summed E-state index contributed by atoms with van der Waals surface area (Å²) in [5.74, 6) is -2.69. The van der Waals surface area contributed by atoms with Crippen molar-refractivity contribution in [2.75, 3.05) is 36.4 Å². The average Bonchev–Trinajstić information content (AvgIpc) is 2.99. The van der Waals surface area contributed by atoms with Gasteiger partial charge in [-0.15, -0.1) is 0 Å². The molecule has 0 bridgehead atoms. The van der Waals surface area contributed by atoms with Crippen molar-refractivity contribution in [1.82, 2.24) is 5.32 Å². The summed E-state index contributed by atoms with van der Waals surface area (Å²) in [4.78, 5) is 13.8. The Kier molecular flexibility index (Phi) is 7.04. The van der Waals surface area contributed by atoms with Crippen LogP contribution in [0.1, 0.15) is 26.2 Å². The number of sulfone groups is 1. The molecular weight excluding hydrogens is 412 g/mol. The molecule has 0 aliphatic carbocycles. The second-order valence-corrected chi connectivity index (χ2v) is 9.07. The van der Waals surface area contributed by atoms with Gasteiger partial charge in [0.1, 0.15) is 0 Å². The van der Waals surface area contributed by atoms with E-state index in [2.05, 4.69) is 15.5 Å². The third kappa shape index (κ3) is 4.96. The summed E-state index contributed by atoms with van der Waals surface area (Å²) in [6, 6.07) is 7.15. The maximum absolute atomic E-state index is 13.7. The summed E-state index contributed by atoms with van der Waals surface area (Å²) >= 11 is 0. The first-order valence-corrected chi connectivity index (χ1v) is 11.4. The zero-order valence-corrected chi connectivity index (χ0v) is 17.6. The van der Waals surface area contributed by atoms with E-state index in [0.29, 0.717) is 12.5 Å². The van der Waals surface area contributed by atoms with Crippen molar-refractivity contribution < 1.29 is 22.0 Å². The van der Waals surface area contributed by atoms with E-state index in [1.807, 2.05) is 6.92 Å². The summed E-state index contributed by atoms with van der Waals surface area (Å²) in [6.45, 7) is 5.09. The number of nitrogens with one attached hydrogen (secondary N) is 2. The standard InChI is InChI=1S/C21H25F2N3O3S/c1-2-4-21(27)25-19-13-15(26-11-3-9-24-10-12-26)5-8-20(19)30(28,29)16-6-7-17(22)18(23)14-16/h5-8,13-14,24H,2-4,9-12H2,1H3,(H,25,27). The SMILES string of the molecule is CCCC(=O)Nc1cc(N2CCCNCC2)ccc1S(=O)(=O)c1ccc(F)c(F)c1. The molecule has 1 aliphatic rings. The van der Waals surface area contributed by atoms with Gasteiger partial charge in [-0.2, -0.15) is 0 Å². The fourth-order valence-electron chi connectivity index (χ4n) is 3.36. The van der Waals surface area contributed by atoms with Gasteiger partial charge in [0.25, 0.3) is 0 Å². The van der Waals surface area contributed by atoms with Crippen molar-refractivity contribution in [2.45, 2.75) is 36.0 Å². The van der Waals surface area contributed by atoms with E-state index in [9.17, 15) is 22.0 Å². The molecule has 0 unspecified atom stereocenters. The number of nitrogens with zero attached hydrogens (tertiary/aromatic N) is 1. The Labute approximate surface area is 175 Å². The fourth-order valence-corrected chi connectivity index (χ4v) is 4.77. The van der Waals surface area contributed by atoms with Gasteiger partial charge in [-0.25, -0.2) is 17.2 Å². The highest BCUT2D eigenvalue weighted by Crippen LogP contribution is 2.32. The summed E-state index contributed by atoms with van der Waals surface area (Å²) < 4.78 is 53.2. The van der Waals surface area contributed by atoms with E-state index >= 15 is 0 Å². The van der Waals surface area contributed by atoms with Gasteiger partial charge in [0.05, 0.1) is 15.5 Å². The number of rotatable bonds is 6. The molecule has 1 heterocycles. The van der Waals surface area contributed by atoms with Gasteiger partial charge in [-0.1, -0.05) is 6.92 Å². The van der Waals surface area contributed by atoms with Crippen LogP contribution in [-0.4, -0.2) is 40.5 Å². The maximum atomic E-state index is 13.7. The van der Waals surface area contributed by atoms with Crippen molar-refractivity contribution in [3.63, 3.8) is 0 Å². The minimum absolute atomic E-state index is 0.132. The minimum Gasteiger partial charge on any atom is -0.370 e. The molecule has 2 aromatic carbocycles. The summed E-state index contributed by atoms with van der Waals surface area (Å²) in [5.41, 5.74) is 0.919. The summed E-state index contributed by atoms with van der Waals surface area (Å²) in [6.07, 6.45) is 1.78. The van der Waals surface area contributed by atoms with Gasteiger partial charge in [0, 0.05) is 31.7 Å². The first kappa shape index (κ1) is 22.2. The van der Waals surface area contributed by atoms with Gasteiger partial charge in [-0.05, 0) is 55.8 Å².